The number of aryl methyl sites for hydroxylation is 1. The average molecular weight is 202 g/mol. The van der Waals surface area contributed by atoms with Gasteiger partial charge in [-0.15, -0.1) is 0 Å². The summed E-state index contributed by atoms with van der Waals surface area (Å²) in [5.41, 5.74) is 3.70. The first-order chi connectivity index (χ1) is 7.24. The normalized spacial score (nSPS) is 19.3. The van der Waals surface area contributed by atoms with E-state index in [4.69, 9.17) is 0 Å². The molecule has 1 aromatic rings. The molecular formula is C14H18O. The largest absolute Gasteiger partial charge is 0.294 e. The SMILES string of the molecule is CCCCc1cccc2c1CC(C)C2=O. The Kier molecular flexibility index (Phi) is 2.90. The molecule has 0 spiro atoms. The van der Waals surface area contributed by atoms with Crippen molar-refractivity contribution in [3.05, 3.63) is 34.9 Å². The van der Waals surface area contributed by atoms with Gasteiger partial charge in [-0.3, -0.25) is 4.79 Å². The Labute approximate surface area is 91.5 Å². The molecular weight excluding hydrogens is 184 g/mol. The molecule has 2 rings (SSSR count). The minimum absolute atomic E-state index is 0.197. The number of carbonyl (C=O) groups excluding carboxylic acids is 1. The lowest BCUT2D eigenvalue weighted by molar-refractivity contribution is 0.0946. The molecule has 1 aliphatic carbocycles. The Balaban J connectivity index is 2.32. The molecule has 1 unspecified atom stereocenters. The molecule has 1 nitrogen and oxygen atoms in total. The van der Waals surface area contributed by atoms with Crippen LogP contribution in [0.1, 0.15) is 48.2 Å². The van der Waals surface area contributed by atoms with Crippen molar-refractivity contribution in [3.8, 4) is 0 Å². The first kappa shape index (κ1) is 10.4. The first-order valence-corrected chi connectivity index (χ1v) is 5.89. The summed E-state index contributed by atoms with van der Waals surface area (Å²) < 4.78 is 0. The van der Waals surface area contributed by atoms with E-state index in [1.54, 1.807) is 0 Å². The fraction of sp³-hybridized carbons (Fsp3) is 0.500. The number of unbranched alkanes of at least 4 members (excludes halogenated alkanes) is 1. The zero-order valence-electron chi connectivity index (χ0n) is 9.55. The van der Waals surface area contributed by atoms with Gasteiger partial charge in [-0.05, 0) is 30.4 Å². The monoisotopic (exact) mass is 202 g/mol. The lowest BCUT2D eigenvalue weighted by Crippen LogP contribution is -2.02. The van der Waals surface area contributed by atoms with Crippen LogP contribution in [0.15, 0.2) is 18.2 Å². The molecule has 0 amide bonds. The molecule has 15 heavy (non-hydrogen) atoms. The second-order valence-electron chi connectivity index (χ2n) is 4.52. The maximum absolute atomic E-state index is 11.8. The van der Waals surface area contributed by atoms with Crippen LogP contribution in [0.4, 0.5) is 0 Å². The maximum atomic E-state index is 11.8. The number of carbonyl (C=O) groups is 1. The quantitative estimate of drug-likeness (QED) is 0.734. The molecule has 1 atom stereocenters. The molecule has 0 bridgehead atoms. The maximum Gasteiger partial charge on any atom is 0.166 e. The van der Waals surface area contributed by atoms with Gasteiger partial charge in [-0.1, -0.05) is 38.5 Å². The lowest BCUT2D eigenvalue weighted by Gasteiger charge is -2.06. The molecule has 0 fully saturated rings. The highest BCUT2D eigenvalue weighted by atomic mass is 16.1. The fourth-order valence-electron chi connectivity index (χ4n) is 2.37. The zero-order chi connectivity index (χ0) is 10.8. The van der Waals surface area contributed by atoms with Crippen LogP contribution in [-0.2, 0) is 12.8 Å². The number of Topliss-reactive ketones (excluding diaryl/α,β-unsaturated/α-hetero) is 1. The Hall–Kier alpha value is -1.11. The fourth-order valence-corrected chi connectivity index (χ4v) is 2.37. The van der Waals surface area contributed by atoms with Crippen LogP contribution in [0, 0.1) is 5.92 Å². The zero-order valence-corrected chi connectivity index (χ0v) is 9.55. The average Bonchev–Trinajstić information content (AvgIpc) is 2.53. The number of ketones is 1. The highest BCUT2D eigenvalue weighted by molar-refractivity contribution is 6.02. The van der Waals surface area contributed by atoms with Gasteiger partial charge in [-0.2, -0.15) is 0 Å². The second-order valence-corrected chi connectivity index (χ2v) is 4.52. The minimum Gasteiger partial charge on any atom is -0.294 e. The van der Waals surface area contributed by atoms with Crippen LogP contribution in [0.3, 0.4) is 0 Å². The predicted octanol–water partition coefficient (Wildman–Crippen LogP) is 3.40. The van der Waals surface area contributed by atoms with Crippen LogP contribution in [0.5, 0.6) is 0 Å². The van der Waals surface area contributed by atoms with Gasteiger partial charge in [0.1, 0.15) is 0 Å². The Bertz CT molecular complexity index is 379. The molecule has 0 aromatic heterocycles. The molecule has 1 aromatic carbocycles. The van der Waals surface area contributed by atoms with Crippen LogP contribution in [0.2, 0.25) is 0 Å². The van der Waals surface area contributed by atoms with Crippen molar-refractivity contribution in [2.75, 3.05) is 0 Å². The van der Waals surface area contributed by atoms with Gasteiger partial charge in [0.2, 0.25) is 0 Å². The van der Waals surface area contributed by atoms with Crippen LogP contribution < -0.4 is 0 Å². The highest BCUT2D eigenvalue weighted by Crippen LogP contribution is 2.29. The molecule has 1 heteroatoms. The minimum atomic E-state index is 0.197. The van der Waals surface area contributed by atoms with E-state index < -0.39 is 0 Å². The first-order valence-electron chi connectivity index (χ1n) is 5.89. The number of hydrogen-bond acceptors (Lipinski definition) is 1. The predicted molar refractivity (Wildman–Crippen MR) is 62.3 cm³/mol. The second kappa shape index (κ2) is 4.18. The van der Waals surface area contributed by atoms with Crippen molar-refractivity contribution >= 4 is 5.78 Å². The molecule has 0 N–H and O–H groups in total. The summed E-state index contributed by atoms with van der Waals surface area (Å²) in [5, 5.41) is 0. The number of hydrogen-bond donors (Lipinski definition) is 0. The molecule has 0 radical (unpaired) electrons. The summed E-state index contributed by atoms with van der Waals surface area (Å²) in [6.07, 6.45) is 4.51. The Morgan fingerprint density at radius 3 is 2.93 bits per heavy atom. The molecule has 0 saturated carbocycles. The summed E-state index contributed by atoms with van der Waals surface area (Å²) in [6.45, 7) is 4.24. The summed E-state index contributed by atoms with van der Waals surface area (Å²) in [5.74, 6) is 0.533. The number of fused-ring (bicyclic) bond motifs is 1. The van der Waals surface area contributed by atoms with Crippen LogP contribution in [0.25, 0.3) is 0 Å². The molecule has 0 aliphatic heterocycles. The third kappa shape index (κ3) is 1.83. The Morgan fingerprint density at radius 1 is 1.40 bits per heavy atom. The molecule has 80 valence electrons. The van der Waals surface area contributed by atoms with Crippen molar-refractivity contribution < 1.29 is 4.79 Å². The molecule has 0 heterocycles. The Morgan fingerprint density at radius 2 is 2.20 bits per heavy atom. The van der Waals surface area contributed by atoms with E-state index >= 15 is 0 Å². The van der Waals surface area contributed by atoms with Crippen molar-refractivity contribution in [3.63, 3.8) is 0 Å². The van der Waals surface area contributed by atoms with Gasteiger partial charge < -0.3 is 0 Å². The van der Waals surface area contributed by atoms with E-state index in [1.165, 1.54) is 24.0 Å². The molecule has 1 aliphatic rings. The smallest absolute Gasteiger partial charge is 0.166 e. The summed E-state index contributed by atoms with van der Waals surface area (Å²) >= 11 is 0. The summed E-state index contributed by atoms with van der Waals surface area (Å²) in [7, 11) is 0. The topological polar surface area (TPSA) is 17.1 Å². The summed E-state index contributed by atoms with van der Waals surface area (Å²) in [4.78, 5) is 11.8. The van der Waals surface area contributed by atoms with E-state index in [1.807, 2.05) is 19.1 Å². The standard InChI is InChI=1S/C14H18O/c1-3-4-6-11-7-5-8-12-13(11)9-10(2)14(12)15/h5,7-8,10H,3-4,6,9H2,1-2H3. The number of rotatable bonds is 3. The van der Waals surface area contributed by atoms with Crippen LogP contribution >= 0.6 is 0 Å². The summed E-state index contributed by atoms with van der Waals surface area (Å²) in [6, 6.07) is 6.19. The van der Waals surface area contributed by atoms with E-state index in [0.717, 1.165) is 18.4 Å². The van der Waals surface area contributed by atoms with Gasteiger partial charge in [0.15, 0.2) is 5.78 Å². The van der Waals surface area contributed by atoms with E-state index in [-0.39, 0.29) is 5.92 Å². The van der Waals surface area contributed by atoms with Crippen molar-refractivity contribution in [1.29, 1.82) is 0 Å². The van der Waals surface area contributed by atoms with Crippen molar-refractivity contribution in [2.45, 2.75) is 39.5 Å². The highest BCUT2D eigenvalue weighted by Gasteiger charge is 2.28. The van der Waals surface area contributed by atoms with E-state index in [2.05, 4.69) is 13.0 Å². The van der Waals surface area contributed by atoms with Gasteiger partial charge in [-0.25, -0.2) is 0 Å². The van der Waals surface area contributed by atoms with Crippen molar-refractivity contribution in [2.24, 2.45) is 5.92 Å². The van der Waals surface area contributed by atoms with Gasteiger partial charge >= 0.3 is 0 Å². The third-order valence-electron chi connectivity index (χ3n) is 3.30. The van der Waals surface area contributed by atoms with Gasteiger partial charge in [0.05, 0.1) is 0 Å². The van der Waals surface area contributed by atoms with Crippen molar-refractivity contribution in [1.82, 2.24) is 0 Å². The van der Waals surface area contributed by atoms with Crippen LogP contribution in [-0.4, -0.2) is 5.78 Å². The lowest BCUT2D eigenvalue weighted by atomic mass is 9.99. The number of benzene rings is 1. The third-order valence-corrected chi connectivity index (χ3v) is 3.30. The van der Waals surface area contributed by atoms with Gasteiger partial charge in [0.25, 0.3) is 0 Å². The van der Waals surface area contributed by atoms with E-state index in [9.17, 15) is 4.79 Å². The van der Waals surface area contributed by atoms with Gasteiger partial charge in [0, 0.05) is 11.5 Å². The van der Waals surface area contributed by atoms with E-state index in [0.29, 0.717) is 5.78 Å². The molecule has 0 saturated heterocycles.